The van der Waals surface area contributed by atoms with Crippen LogP contribution in [0.1, 0.15) is 11.4 Å². The van der Waals surface area contributed by atoms with Gasteiger partial charge in [0.15, 0.2) is 0 Å². The molecule has 0 aliphatic carbocycles. The molecule has 2 aromatic heterocycles. The van der Waals surface area contributed by atoms with E-state index in [9.17, 15) is 0 Å². The lowest BCUT2D eigenvalue weighted by molar-refractivity contribution is 1.15. The maximum absolute atomic E-state index is 4.76. The van der Waals surface area contributed by atoms with Gasteiger partial charge in [0, 0.05) is 20.3 Å². The van der Waals surface area contributed by atoms with Gasteiger partial charge in [-0.2, -0.15) is 0 Å². The number of benzene rings is 2. The summed E-state index contributed by atoms with van der Waals surface area (Å²) in [5.41, 5.74) is 8.34. The van der Waals surface area contributed by atoms with Gasteiger partial charge in [0.05, 0.1) is 11.4 Å². The molecule has 138 valence electrons. The molecule has 0 fully saturated rings. The van der Waals surface area contributed by atoms with E-state index in [0.29, 0.717) is 0 Å². The second kappa shape index (κ2) is 7.98. The highest BCUT2D eigenvalue weighted by atomic mass is 79.9. The van der Waals surface area contributed by atoms with Crippen molar-refractivity contribution in [3.8, 4) is 33.6 Å². The summed E-state index contributed by atoms with van der Waals surface area (Å²) in [6, 6.07) is 25.1. The maximum atomic E-state index is 4.76. The molecule has 0 bridgehead atoms. The zero-order valence-electron chi connectivity index (χ0n) is 15.6. The Morgan fingerprint density at radius 3 is 1.21 bits per heavy atom. The summed E-state index contributed by atoms with van der Waals surface area (Å²) in [6.45, 7) is 4.05. The number of aromatic nitrogens is 2. The van der Waals surface area contributed by atoms with Crippen molar-refractivity contribution in [1.29, 1.82) is 0 Å². The zero-order chi connectivity index (χ0) is 19.7. The molecule has 0 unspecified atom stereocenters. The van der Waals surface area contributed by atoms with Crippen molar-refractivity contribution < 1.29 is 0 Å². The van der Waals surface area contributed by atoms with Crippen LogP contribution in [0.3, 0.4) is 0 Å². The molecule has 4 heteroatoms. The first-order valence-corrected chi connectivity index (χ1v) is 10.6. The fourth-order valence-corrected chi connectivity index (χ4v) is 3.75. The fourth-order valence-electron chi connectivity index (χ4n) is 3.22. The summed E-state index contributed by atoms with van der Waals surface area (Å²) in [5, 5.41) is 0. The average Bonchev–Trinajstić information content (AvgIpc) is 2.68. The van der Waals surface area contributed by atoms with Crippen molar-refractivity contribution in [2.45, 2.75) is 13.8 Å². The van der Waals surface area contributed by atoms with Gasteiger partial charge in [-0.25, -0.2) is 0 Å². The van der Waals surface area contributed by atoms with Gasteiger partial charge in [-0.3, -0.25) is 9.97 Å². The standard InChI is InChI=1S/C24H18Br2N2/c1-15-11-19(17-3-7-21(25)8-4-17)13-23(27-15)24-14-20(12-16(2)28-24)18-5-9-22(26)10-6-18/h3-14H,1-2H3. The van der Waals surface area contributed by atoms with E-state index in [-0.39, 0.29) is 0 Å². The lowest BCUT2D eigenvalue weighted by Gasteiger charge is -2.10. The van der Waals surface area contributed by atoms with E-state index in [4.69, 9.17) is 9.97 Å². The van der Waals surface area contributed by atoms with Crippen LogP contribution in [0.4, 0.5) is 0 Å². The number of rotatable bonds is 3. The molecule has 0 spiro atoms. The molecule has 2 heterocycles. The monoisotopic (exact) mass is 492 g/mol. The Bertz CT molecular complexity index is 1040. The Kier molecular flexibility index (Phi) is 5.42. The largest absolute Gasteiger partial charge is 0.251 e. The van der Waals surface area contributed by atoms with E-state index in [1.807, 2.05) is 13.8 Å². The topological polar surface area (TPSA) is 25.8 Å². The van der Waals surface area contributed by atoms with Crippen LogP contribution in [-0.4, -0.2) is 9.97 Å². The van der Waals surface area contributed by atoms with Crippen LogP contribution in [0.2, 0.25) is 0 Å². The normalized spacial score (nSPS) is 10.9. The van der Waals surface area contributed by atoms with Crippen LogP contribution < -0.4 is 0 Å². The Morgan fingerprint density at radius 2 is 0.857 bits per heavy atom. The molecule has 0 saturated heterocycles. The molecule has 2 aromatic carbocycles. The van der Waals surface area contributed by atoms with E-state index >= 15 is 0 Å². The third-order valence-electron chi connectivity index (χ3n) is 4.52. The van der Waals surface area contributed by atoms with Crippen molar-refractivity contribution in [1.82, 2.24) is 9.97 Å². The summed E-state index contributed by atoms with van der Waals surface area (Å²) in [6.07, 6.45) is 0. The number of hydrogen-bond donors (Lipinski definition) is 0. The van der Waals surface area contributed by atoms with Gasteiger partial charge in [0.1, 0.15) is 0 Å². The van der Waals surface area contributed by atoms with Crippen LogP contribution in [-0.2, 0) is 0 Å². The van der Waals surface area contributed by atoms with Crippen molar-refractivity contribution in [3.05, 3.63) is 93.1 Å². The summed E-state index contributed by atoms with van der Waals surface area (Å²) < 4.78 is 2.14. The minimum Gasteiger partial charge on any atom is -0.251 e. The second-order valence-corrected chi connectivity index (χ2v) is 8.61. The number of aryl methyl sites for hydroxylation is 2. The third kappa shape index (κ3) is 4.23. The minimum absolute atomic E-state index is 0.889. The van der Waals surface area contributed by atoms with Gasteiger partial charge >= 0.3 is 0 Å². The maximum Gasteiger partial charge on any atom is 0.0895 e. The highest BCUT2D eigenvalue weighted by Gasteiger charge is 2.09. The van der Waals surface area contributed by atoms with Crippen LogP contribution in [0.25, 0.3) is 33.6 Å². The quantitative estimate of drug-likeness (QED) is 0.293. The first-order chi connectivity index (χ1) is 13.5. The van der Waals surface area contributed by atoms with Gasteiger partial charge < -0.3 is 0 Å². The molecule has 0 atom stereocenters. The Morgan fingerprint density at radius 1 is 0.500 bits per heavy atom. The predicted octanol–water partition coefficient (Wildman–Crippen LogP) is 7.62. The van der Waals surface area contributed by atoms with E-state index in [1.54, 1.807) is 0 Å². The van der Waals surface area contributed by atoms with E-state index < -0.39 is 0 Å². The second-order valence-electron chi connectivity index (χ2n) is 6.78. The molecule has 0 N–H and O–H groups in total. The van der Waals surface area contributed by atoms with Gasteiger partial charge in [0.2, 0.25) is 0 Å². The summed E-state index contributed by atoms with van der Waals surface area (Å²) in [7, 11) is 0. The molecular weight excluding hydrogens is 476 g/mol. The Hall–Kier alpha value is -2.30. The summed E-state index contributed by atoms with van der Waals surface area (Å²) >= 11 is 7.00. The number of hydrogen-bond acceptors (Lipinski definition) is 2. The highest BCUT2D eigenvalue weighted by Crippen LogP contribution is 2.29. The lowest BCUT2D eigenvalue weighted by Crippen LogP contribution is -1.94. The van der Waals surface area contributed by atoms with Crippen molar-refractivity contribution >= 4 is 31.9 Å². The SMILES string of the molecule is Cc1cc(-c2ccc(Br)cc2)cc(-c2cc(-c3ccc(Br)cc3)cc(C)n2)n1. The summed E-state index contributed by atoms with van der Waals surface area (Å²) in [4.78, 5) is 9.52. The van der Waals surface area contributed by atoms with Gasteiger partial charge in [-0.05, 0) is 84.6 Å². The number of pyridine rings is 2. The van der Waals surface area contributed by atoms with Crippen molar-refractivity contribution in [2.24, 2.45) is 0 Å². The highest BCUT2D eigenvalue weighted by molar-refractivity contribution is 9.10. The predicted molar refractivity (Wildman–Crippen MR) is 123 cm³/mol. The Balaban J connectivity index is 1.80. The molecule has 28 heavy (non-hydrogen) atoms. The summed E-state index contributed by atoms with van der Waals surface area (Å²) in [5.74, 6) is 0. The van der Waals surface area contributed by atoms with Crippen LogP contribution in [0, 0.1) is 13.8 Å². The molecule has 4 aromatic rings. The van der Waals surface area contributed by atoms with Crippen LogP contribution in [0.15, 0.2) is 81.7 Å². The first kappa shape index (κ1) is 19.0. The molecular formula is C24H18Br2N2. The molecule has 0 saturated carbocycles. The molecule has 0 radical (unpaired) electrons. The lowest BCUT2D eigenvalue weighted by atomic mass is 10.0. The van der Waals surface area contributed by atoms with Gasteiger partial charge in [-0.1, -0.05) is 56.1 Å². The molecule has 2 nitrogen and oxygen atoms in total. The van der Waals surface area contributed by atoms with Crippen LogP contribution in [0.5, 0.6) is 0 Å². The Labute approximate surface area is 182 Å². The molecule has 4 rings (SSSR count). The third-order valence-corrected chi connectivity index (χ3v) is 5.58. The van der Waals surface area contributed by atoms with Crippen molar-refractivity contribution in [2.75, 3.05) is 0 Å². The van der Waals surface area contributed by atoms with Crippen LogP contribution >= 0.6 is 31.9 Å². The average molecular weight is 494 g/mol. The smallest absolute Gasteiger partial charge is 0.0895 e. The fraction of sp³-hybridized carbons (Fsp3) is 0.0833. The zero-order valence-corrected chi connectivity index (χ0v) is 18.8. The number of nitrogens with zero attached hydrogens (tertiary/aromatic N) is 2. The molecule has 0 aliphatic heterocycles. The van der Waals surface area contributed by atoms with E-state index in [1.165, 1.54) is 0 Å². The van der Waals surface area contributed by atoms with Gasteiger partial charge in [0.25, 0.3) is 0 Å². The van der Waals surface area contributed by atoms with Crippen molar-refractivity contribution in [3.63, 3.8) is 0 Å². The van der Waals surface area contributed by atoms with E-state index in [2.05, 4.69) is 105 Å². The van der Waals surface area contributed by atoms with Gasteiger partial charge in [-0.15, -0.1) is 0 Å². The molecule has 0 aliphatic rings. The minimum atomic E-state index is 0.889. The van der Waals surface area contributed by atoms with E-state index in [0.717, 1.165) is 54.0 Å². The first-order valence-electron chi connectivity index (χ1n) is 8.97. The molecule has 0 amide bonds. The number of halogens is 2.